The summed E-state index contributed by atoms with van der Waals surface area (Å²) in [5.41, 5.74) is 1.02. The average molecular weight is 291 g/mol. The van der Waals surface area contributed by atoms with Crippen LogP contribution in [0.15, 0.2) is 33.8 Å². The highest BCUT2D eigenvalue weighted by atomic mass is 16.6. The molecule has 1 saturated heterocycles. The topological polar surface area (TPSA) is 61.2 Å². The molecular formula is C15H25N5O. The molecule has 1 unspecified atom stereocenters. The molecule has 2 aliphatic rings. The summed E-state index contributed by atoms with van der Waals surface area (Å²) in [5, 5.41) is 10.6. The van der Waals surface area contributed by atoms with E-state index in [0.29, 0.717) is 0 Å². The molecule has 6 heteroatoms. The highest BCUT2D eigenvalue weighted by Crippen LogP contribution is 2.16. The first-order chi connectivity index (χ1) is 10.00. The predicted molar refractivity (Wildman–Crippen MR) is 86.2 cm³/mol. The lowest BCUT2D eigenvalue weighted by molar-refractivity contribution is 0.122. The standard InChI is InChI=1S/C15H25N5O/c1-5-19-21-12(2)8-13-9-14(17-11-16-13)20-7-6-18-15(3,4)10-20/h5,8-9,11,14,18H,6-7,10H2,1-4H3,(H,16,17)/b12-8+,19-5+. The predicted octanol–water partition coefficient (Wildman–Crippen LogP) is 1.44. The Morgan fingerprint density at radius 2 is 2.38 bits per heavy atom. The van der Waals surface area contributed by atoms with Gasteiger partial charge in [0.1, 0.15) is 11.9 Å². The van der Waals surface area contributed by atoms with E-state index in [1.807, 2.05) is 19.9 Å². The summed E-state index contributed by atoms with van der Waals surface area (Å²) < 4.78 is 0. The van der Waals surface area contributed by atoms with E-state index in [1.54, 1.807) is 12.6 Å². The maximum Gasteiger partial charge on any atom is 0.134 e. The second kappa shape index (κ2) is 6.87. The van der Waals surface area contributed by atoms with Crippen molar-refractivity contribution in [1.29, 1.82) is 0 Å². The third-order valence-electron chi connectivity index (χ3n) is 3.44. The molecule has 0 spiro atoms. The number of nitrogens with one attached hydrogen (secondary N) is 2. The number of allylic oxidation sites excluding steroid dienone is 2. The van der Waals surface area contributed by atoms with Crippen LogP contribution in [0.1, 0.15) is 27.7 Å². The van der Waals surface area contributed by atoms with Gasteiger partial charge in [-0.2, -0.15) is 0 Å². The first-order valence-corrected chi connectivity index (χ1v) is 7.33. The van der Waals surface area contributed by atoms with Crippen molar-refractivity contribution in [3.8, 4) is 0 Å². The normalized spacial score (nSPS) is 26.6. The second-order valence-electron chi connectivity index (χ2n) is 5.95. The number of aliphatic imine (C=N–C) groups is 1. The van der Waals surface area contributed by atoms with E-state index in [9.17, 15) is 0 Å². The Balaban J connectivity index is 2.04. The minimum absolute atomic E-state index is 0.132. The molecule has 1 atom stereocenters. The number of hydrogen-bond donors (Lipinski definition) is 2. The summed E-state index contributed by atoms with van der Waals surface area (Å²) in [6, 6.07) is 0. The van der Waals surface area contributed by atoms with Gasteiger partial charge in [0, 0.05) is 37.5 Å². The van der Waals surface area contributed by atoms with Crippen LogP contribution in [0.25, 0.3) is 0 Å². The molecule has 2 heterocycles. The van der Waals surface area contributed by atoms with Gasteiger partial charge in [0.15, 0.2) is 0 Å². The minimum atomic E-state index is 0.132. The Kier molecular flexibility index (Phi) is 5.14. The molecule has 6 nitrogen and oxygen atoms in total. The van der Waals surface area contributed by atoms with Gasteiger partial charge in [-0.25, -0.2) is 4.99 Å². The van der Waals surface area contributed by atoms with Gasteiger partial charge in [0.25, 0.3) is 0 Å². The molecule has 0 bridgehead atoms. The van der Waals surface area contributed by atoms with Crippen LogP contribution in [0, 0.1) is 0 Å². The van der Waals surface area contributed by atoms with Gasteiger partial charge in [0.05, 0.1) is 12.0 Å². The largest absolute Gasteiger partial charge is 0.362 e. The van der Waals surface area contributed by atoms with Gasteiger partial charge in [0.2, 0.25) is 0 Å². The highest BCUT2D eigenvalue weighted by molar-refractivity contribution is 5.60. The van der Waals surface area contributed by atoms with E-state index < -0.39 is 0 Å². The third kappa shape index (κ3) is 4.68. The fraction of sp³-hybridized carbons (Fsp3) is 0.600. The summed E-state index contributed by atoms with van der Waals surface area (Å²) >= 11 is 0. The molecule has 0 saturated carbocycles. The zero-order valence-corrected chi connectivity index (χ0v) is 13.3. The molecule has 21 heavy (non-hydrogen) atoms. The highest BCUT2D eigenvalue weighted by Gasteiger charge is 2.29. The molecule has 116 valence electrons. The molecule has 0 aliphatic carbocycles. The Morgan fingerprint density at radius 1 is 1.57 bits per heavy atom. The number of piperazine rings is 1. The molecule has 2 N–H and O–H groups in total. The number of rotatable bonds is 4. The number of oxime groups is 1. The van der Waals surface area contributed by atoms with Crippen molar-refractivity contribution in [2.45, 2.75) is 39.4 Å². The van der Waals surface area contributed by atoms with Crippen LogP contribution in [0.3, 0.4) is 0 Å². The van der Waals surface area contributed by atoms with Gasteiger partial charge in [-0.3, -0.25) is 4.90 Å². The SMILES string of the molecule is C/C=N/O/C(C)=C/C1=CC(N2CCNC(C)(C)C2)NC=N1. The smallest absolute Gasteiger partial charge is 0.134 e. The number of nitrogens with zero attached hydrogens (tertiary/aromatic N) is 3. The van der Waals surface area contributed by atoms with Gasteiger partial charge < -0.3 is 15.5 Å². The van der Waals surface area contributed by atoms with Gasteiger partial charge in [-0.05, 0) is 33.8 Å². The molecule has 0 aromatic heterocycles. The fourth-order valence-corrected chi connectivity index (χ4v) is 2.53. The van der Waals surface area contributed by atoms with E-state index in [4.69, 9.17) is 4.84 Å². The molecule has 0 amide bonds. The minimum Gasteiger partial charge on any atom is -0.362 e. The van der Waals surface area contributed by atoms with Crippen LogP contribution in [-0.2, 0) is 4.84 Å². The van der Waals surface area contributed by atoms with Crippen LogP contribution in [0.2, 0.25) is 0 Å². The van der Waals surface area contributed by atoms with Crippen molar-refractivity contribution in [2.75, 3.05) is 19.6 Å². The first-order valence-electron chi connectivity index (χ1n) is 7.33. The van der Waals surface area contributed by atoms with E-state index in [2.05, 4.69) is 45.6 Å². The lowest BCUT2D eigenvalue weighted by Gasteiger charge is -2.42. The van der Waals surface area contributed by atoms with E-state index >= 15 is 0 Å². The zero-order valence-electron chi connectivity index (χ0n) is 13.3. The van der Waals surface area contributed by atoms with Crippen LogP contribution >= 0.6 is 0 Å². The van der Waals surface area contributed by atoms with Crippen molar-refractivity contribution in [2.24, 2.45) is 10.1 Å². The average Bonchev–Trinajstić information content (AvgIpc) is 2.44. The van der Waals surface area contributed by atoms with Gasteiger partial charge in [-0.15, -0.1) is 0 Å². The lowest BCUT2D eigenvalue weighted by atomic mass is 10.0. The Morgan fingerprint density at radius 3 is 3.10 bits per heavy atom. The monoisotopic (exact) mass is 291 g/mol. The van der Waals surface area contributed by atoms with Gasteiger partial charge in [-0.1, -0.05) is 5.16 Å². The summed E-state index contributed by atoms with van der Waals surface area (Å²) in [6.07, 6.45) is 7.54. The lowest BCUT2D eigenvalue weighted by Crippen LogP contribution is -2.61. The molecule has 2 aliphatic heterocycles. The summed E-state index contributed by atoms with van der Waals surface area (Å²) in [6.45, 7) is 11.1. The van der Waals surface area contributed by atoms with Crippen LogP contribution in [-0.4, -0.2) is 48.8 Å². The molecule has 1 fully saturated rings. The Labute approximate surface area is 126 Å². The maximum atomic E-state index is 5.18. The number of hydrogen-bond acceptors (Lipinski definition) is 6. The summed E-state index contributed by atoms with van der Waals surface area (Å²) in [5.74, 6) is 0.720. The van der Waals surface area contributed by atoms with Crippen molar-refractivity contribution >= 4 is 12.6 Å². The third-order valence-corrected chi connectivity index (χ3v) is 3.44. The van der Waals surface area contributed by atoms with Crippen molar-refractivity contribution in [3.05, 3.63) is 23.6 Å². The summed E-state index contributed by atoms with van der Waals surface area (Å²) in [4.78, 5) is 11.9. The van der Waals surface area contributed by atoms with E-state index in [1.165, 1.54) is 0 Å². The Hall–Kier alpha value is -1.66. The van der Waals surface area contributed by atoms with Crippen molar-refractivity contribution in [1.82, 2.24) is 15.5 Å². The summed E-state index contributed by atoms with van der Waals surface area (Å²) in [7, 11) is 0. The molecule has 0 aromatic rings. The molecule has 0 radical (unpaired) electrons. The molecular weight excluding hydrogens is 266 g/mol. The fourth-order valence-electron chi connectivity index (χ4n) is 2.53. The zero-order chi connectivity index (χ0) is 15.3. The van der Waals surface area contributed by atoms with Crippen molar-refractivity contribution < 1.29 is 4.84 Å². The van der Waals surface area contributed by atoms with E-state index in [0.717, 1.165) is 31.1 Å². The molecule has 0 aromatic carbocycles. The van der Waals surface area contributed by atoms with Crippen molar-refractivity contribution in [3.63, 3.8) is 0 Å². The van der Waals surface area contributed by atoms with Crippen LogP contribution in [0.5, 0.6) is 0 Å². The maximum absolute atomic E-state index is 5.18. The van der Waals surface area contributed by atoms with E-state index in [-0.39, 0.29) is 11.7 Å². The first kappa shape index (κ1) is 15.7. The van der Waals surface area contributed by atoms with Crippen LogP contribution < -0.4 is 10.6 Å². The van der Waals surface area contributed by atoms with Crippen LogP contribution in [0.4, 0.5) is 0 Å². The second-order valence-corrected chi connectivity index (χ2v) is 5.95. The quantitative estimate of drug-likeness (QED) is 0.467. The Bertz CT molecular complexity index is 478. The molecule has 2 rings (SSSR count). The van der Waals surface area contributed by atoms with Gasteiger partial charge >= 0.3 is 0 Å².